The summed E-state index contributed by atoms with van der Waals surface area (Å²) in [7, 11) is 0. The number of aryl methyl sites for hydroxylation is 1. The minimum Gasteiger partial charge on any atom is -0.408 e. The quantitative estimate of drug-likeness (QED) is 0.942. The van der Waals surface area contributed by atoms with Crippen molar-refractivity contribution in [2.75, 3.05) is 5.32 Å². The fourth-order valence-electron chi connectivity index (χ4n) is 1.20. The smallest absolute Gasteiger partial charge is 0.315 e. The first-order valence-electron chi connectivity index (χ1n) is 4.63. The van der Waals surface area contributed by atoms with Crippen molar-refractivity contribution in [1.82, 2.24) is 10.2 Å². The van der Waals surface area contributed by atoms with Crippen molar-refractivity contribution in [2.45, 2.75) is 13.5 Å². The fourth-order valence-corrected chi connectivity index (χ4v) is 1.54. The van der Waals surface area contributed by atoms with E-state index in [1.54, 1.807) is 19.1 Å². The summed E-state index contributed by atoms with van der Waals surface area (Å²) in [6.45, 7) is 2.00. The standard InChI is InChI=1S/C10H9BrFN3O/c1-6-14-15-10(16-6)13-5-7-2-3-8(11)4-9(7)12/h2-4H,5H2,1H3,(H,13,15). The molecule has 1 aromatic heterocycles. The second-order valence-electron chi connectivity index (χ2n) is 3.22. The summed E-state index contributed by atoms with van der Waals surface area (Å²) in [5, 5.41) is 10.3. The normalized spacial score (nSPS) is 10.4. The molecule has 84 valence electrons. The van der Waals surface area contributed by atoms with Crippen LogP contribution in [0.4, 0.5) is 10.4 Å². The average molecular weight is 286 g/mol. The third-order valence-corrected chi connectivity index (χ3v) is 2.46. The van der Waals surface area contributed by atoms with Gasteiger partial charge in [-0.3, -0.25) is 0 Å². The molecule has 1 aromatic carbocycles. The second-order valence-corrected chi connectivity index (χ2v) is 4.13. The molecule has 1 N–H and O–H groups in total. The van der Waals surface area contributed by atoms with E-state index in [2.05, 4.69) is 31.4 Å². The van der Waals surface area contributed by atoms with E-state index in [4.69, 9.17) is 4.42 Å². The van der Waals surface area contributed by atoms with Crippen molar-refractivity contribution in [3.05, 3.63) is 39.9 Å². The van der Waals surface area contributed by atoms with Gasteiger partial charge >= 0.3 is 6.01 Å². The van der Waals surface area contributed by atoms with Gasteiger partial charge in [-0.1, -0.05) is 27.1 Å². The summed E-state index contributed by atoms with van der Waals surface area (Å²) in [6, 6.07) is 5.17. The topological polar surface area (TPSA) is 51.0 Å². The highest BCUT2D eigenvalue weighted by atomic mass is 79.9. The van der Waals surface area contributed by atoms with Crippen LogP contribution in [0.3, 0.4) is 0 Å². The van der Waals surface area contributed by atoms with Gasteiger partial charge in [0, 0.05) is 23.5 Å². The zero-order valence-electron chi connectivity index (χ0n) is 8.50. The summed E-state index contributed by atoms with van der Waals surface area (Å²) in [5.41, 5.74) is 0.541. The van der Waals surface area contributed by atoms with Gasteiger partial charge in [0.05, 0.1) is 0 Å². The van der Waals surface area contributed by atoms with Crippen LogP contribution in [0, 0.1) is 12.7 Å². The molecule has 0 aliphatic carbocycles. The highest BCUT2D eigenvalue weighted by Gasteiger charge is 2.05. The third kappa shape index (κ3) is 2.57. The first-order valence-corrected chi connectivity index (χ1v) is 5.42. The van der Waals surface area contributed by atoms with E-state index in [9.17, 15) is 4.39 Å². The number of nitrogens with zero attached hydrogens (tertiary/aromatic N) is 2. The predicted octanol–water partition coefficient (Wildman–Crippen LogP) is 2.89. The maximum atomic E-state index is 13.4. The van der Waals surface area contributed by atoms with Crippen LogP contribution in [-0.2, 0) is 6.54 Å². The van der Waals surface area contributed by atoms with E-state index >= 15 is 0 Å². The molecular formula is C10H9BrFN3O. The molecule has 0 saturated heterocycles. The number of benzene rings is 1. The van der Waals surface area contributed by atoms with Gasteiger partial charge in [-0.05, 0) is 12.1 Å². The zero-order valence-corrected chi connectivity index (χ0v) is 10.1. The Morgan fingerprint density at radius 1 is 1.44 bits per heavy atom. The van der Waals surface area contributed by atoms with Crippen molar-refractivity contribution >= 4 is 21.9 Å². The fraction of sp³-hybridized carbons (Fsp3) is 0.200. The SMILES string of the molecule is Cc1nnc(NCc2ccc(Br)cc2F)o1. The van der Waals surface area contributed by atoms with Gasteiger partial charge in [-0.2, -0.15) is 0 Å². The zero-order chi connectivity index (χ0) is 11.5. The number of anilines is 1. The molecule has 2 aromatic rings. The van der Waals surface area contributed by atoms with Crippen molar-refractivity contribution < 1.29 is 8.81 Å². The van der Waals surface area contributed by atoms with Gasteiger partial charge in [0.15, 0.2) is 0 Å². The lowest BCUT2D eigenvalue weighted by atomic mass is 10.2. The lowest BCUT2D eigenvalue weighted by molar-refractivity contribution is 0.529. The van der Waals surface area contributed by atoms with E-state index in [0.29, 0.717) is 28.5 Å². The Morgan fingerprint density at radius 3 is 2.88 bits per heavy atom. The molecule has 0 amide bonds. The van der Waals surface area contributed by atoms with Gasteiger partial charge in [0.25, 0.3) is 0 Å². The maximum Gasteiger partial charge on any atom is 0.315 e. The molecule has 2 rings (SSSR count). The Bertz CT molecular complexity index is 501. The Hall–Kier alpha value is -1.43. The van der Waals surface area contributed by atoms with Crippen LogP contribution in [0.2, 0.25) is 0 Å². The summed E-state index contributed by atoms with van der Waals surface area (Å²) >= 11 is 3.19. The highest BCUT2D eigenvalue weighted by molar-refractivity contribution is 9.10. The third-order valence-electron chi connectivity index (χ3n) is 1.97. The molecule has 0 saturated carbocycles. The van der Waals surface area contributed by atoms with Gasteiger partial charge in [-0.25, -0.2) is 4.39 Å². The van der Waals surface area contributed by atoms with Gasteiger partial charge < -0.3 is 9.73 Å². The van der Waals surface area contributed by atoms with E-state index < -0.39 is 0 Å². The predicted molar refractivity (Wildman–Crippen MR) is 60.5 cm³/mol. The Labute approximate surface area is 100 Å². The summed E-state index contributed by atoms with van der Waals surface area (Å²) < 4.78 is 19.2. The van der Waals surface area contributed by atoms with Crippen LogP contribution in [0.15, 0.2) is 27.1 Å². The summed E-state index contributed by atoms with van der Waals surface area (Å²) in [4.78, 5) is 0. The molecule has 0 aliphatic heterocycles. The van der Waals surface area contributed by atoms with Gasteiger partial charge in [-0.15, -0.1) is 5.10 Å². The van der Waals surface area contributed by atoms with Crippen LogP contribution in [0.5, 0.6) is 0 Å². The molecule has 0 fully saturated rings. The van der Waals surface area contributed by atoms with Gasteiger partial charge in [0.1, 0.15) is 5.82 Å². The summed E-state index contributed by atoms with van der Waals surface area (Å²) in [5.74, 6) is 0.192. The highest BCUT2D eigenvalue weighted by Crippen LogP contribution is 2.16. The van der Waals surface area contributed by atoms with Crippen molar-refractivity contribution in [2.24, 2.45) is 0 Å². The number of hydrogen-bond donors (Lipinski definition) is 1. The second kappa shape index (κ2) is 4.61. The average Bonchev–Trinajstić information content (AvgIpc) is 2.63. The number of halogens is 2. The van der Waals surface area contributed by atoms with Crippen LogP contribution in [0.25, 0.3) is 0 Å². The van der Waals surface area contributed by atoms with Crippen LogP contribution < -0.4 is 5.32 Å². The number of hydrogen-bond acceptors (Lipinski definition) is 4. The Kier molecular flexibility index (Phi) is 3.19. The van der Waals surface area contributed by atoms with Crippen LogP contribution in [0.1, 0.15) is 11.5 Å². The lowest BCUT2D eigenvalue weighted by Crippen LogP contribution is -2.01. The monoisotopic (exact) mass is 285 g/mol. The van der Waals surface area contributed by atoms with Crippen LogP contribution >= 0.6 is 15.9 Å². The minimum absolute atomic E-state index is 0.280. The minimum atomic E-state index is -0.280. The Balaban J connectivity index is 2.04. The molecule has 6 heteroatoms. The molecule has 0 atom stereocenters. The molecule has 16 heavy (non-hydrogen) atoms. The van der Waals surface area contributed by atoms with E-state index in [0.717, 1.165) is 0 Å². The van der Waals surface area contributed by atoms with E-state index in [-0.39, 0.29) is 5.82 Å². The van der Waals surface area contributed by atoms with Crippen molar-refractivity contribution in [3.63, 3.8) is 0 Å². The molecular weight excluding hydrogens is 277 g/mol. The molecule has 0 bridgehead atoms. The Morgan fingerprint density at radius 2 is 2.25 bits per heavy atom. The first-order chi connectivity index (χ1) is 7.65. The lowest BCUT2D eigenvalue weighted by Gasteiger charge is -2.03. The largest absolute Gasteiger partial charge is 0.408 e. The van der Waals surface area contributed by atoms with E-state index in [1.165, 1.54) is 6.07 Å². The molecule has 4 nitrogen and oxygen atoms in total. The molecule has 1 heterocycles. The number of aromatic nitrogens is 2. The number of nitrogens with one attached hydrogen (secondary N) is 1. The van der Waals surface area contributed by atoms with Crippen LogP contribution in [-0.4, -0.2) is 10.2 Å². The molecule has 0 unspecified atom stereocenters. The van der Waals surface area contributed by atoms with Crippen molar-refractivity contribution in [1.29, 1.82) is 0 Å². The molecule has 0 spiro atoms. The number of rotatable bonds is 3. The maximum absolute atomic E-state index is 13.4. The van der Waals surface area contributed by atoms with Gasteiger partial charge in [0.2, 0.25) is 5.89 Å². The molecule has 0 radical (unpaired) electrons. The van der Waals surface area contributed by atoms with Crippen molar-refractivity contribution in [3.8, 4) is 0 Å². The van der Waals surface area contributed by atoms with E-state index in [1.807, 2.05) is 0 Å². The summed E-state index contributed by atoms with van der Waals surface area (Å²) in [6.07, 6.45) is 0. The first kappa shape index (κ1) is 11.1. The molecule has 0 aliphatic rings.